The van der Waals surface area contributed by atoms with Crippen LogP contribution in [0.15, 0.2) is 60.9 Å². The van der Waals surface area contributed by atoms with Crippen molar-refractivity contribution < 1.29 is 4.79 Å². The van der Waals surface area contributed by atoms with Gasteiger partial charge < -0.3 is 4.90 Å². The molecule has 0 saturated carbocycles. The topological polar surface area (TPSA) is 63.9 Å². The third-order valence-corrected chi connectivity index (χ3v) is 3.70. The highest BCUT2D eigenvalue weighted by molar-refractivity contribution is 5.94. The van der Waals surface area contributed by atoms with Crippen LogP contribution in [0.1, 0.15) is 29.3 Å². The molecule has 1 aromatic heterocycles. The highest BCUT2D eigenvalue weighted by atomic mass is 16.2. The van der Waals surface area contributed by atoms with Crippen molar-refractivity contribution in [2.24, 2.45) is 0 Å². The molecule has 3 aromatic rings. The standard InChI is InChI=1S/C18H19N5O/c1-2-11-22(13-15-7-4-3-5-8-15)18(24)16-9-6-10-17(12-16)23-14-19-20-21-23/h3-10,12,14H,2,11,13H2,1H3. The molecule has 0 saturated heterocycles. The molecule has 0 fully saturated rings. The van der Waals surface area contributed by atoms with Crippen LogP contribution in [0.25, 0.3) is 5.69 Å². The largest absolute Gasteiger partial charge is 0.334 e. The fourth-order valence-electron chi connectivity index (χ4n) is 2.57. The average Bonchev–Trinajstić information content (AvgIpc) is 3.16. The Morgan fingerprint density at radius 2 is 1.96 bits per heavy atom. The van der Waals surface area contributed by atoms with Gasteiger partial charge in [0.15, 0.2) is 0 Å². The van der Waals surface area contributed by atoms with E-state index in [0.29, 0.717) is 18.7 Å². The number of nitrogens with zero attached hydrogens (tertiary/aromatic N) is 5. The van der Waals surface area contributed by atoms with Crippen molar-refractivity contribution in [1.29, 1.82) is 0 Å². The molecule has 0 aliphatic rings. The fourth-order valence-corrected chi connectivity index (χ4v) is 2.57. The third-order valence-electron chi connectivity index (χ3n) is 3.70. The lowest BCUT2D eigenvalue weighted by Gasteiger charge is -2.22. The summed E-state index contributed by atoms with van der Waals surface area (Å²) < 4.78 is 1.54. The van der Waals surface area contributed by atoms with Gasteiger partial charge >= 0.3 is 0 Å². The summed E-state index contributed by atoms with van der Waals surface area (Å²) in [6.07, 6.45) is 2.42. The zero-order chi connectivity index (χ0) is 16.8. The number of carbonyl (C=O) groups is 1. The number of tetrazole rings is 1. The van der Waals surface area contributed by atoms with Crippen LogP contribution < -0.4 is 0 Å². The summed E-state index contributed by atoms with van der Waals surface area (Å²) in [5.41, 5.74) is 2.52. The number of aromatic nitrogens is 4. The molecule has 0 bridgehead atoms. The number of amides is 1. The van der Waals surface area contributed by atoms with E-state index in [1.54, 1.807) is 0 Å². The van der Waals surface area contributed by atoms with Crippen molar-refractivity contribution in [2.75, 3.05) is 6.54 Å². The van der Waals surface area contributed by atoms with E-state index in [9.17, 15) is 4.79 Å². The lowest BCUT2D eigenvalue weighted by atomic mass is 10.1. The van der Waals surface area contributed by atoms with E-state index in [0.717, 1.165) is 17.7 Å². The molecule has 1 heterocycles. The predicted octanol–water partition coefficient (Wildman–Crippen LogP) is 2.71. The molecule has 0 aliphatic carbocycles. The molecule has 6 heteroatoms. The molecule has 0 N–H and O–H groups in total. The Balaban J connectivity index is 1.83. The van der Waals surface area contributed by atoms with Crippen LogP contribution in [0.3, 0.4) is 0 Å². The Morgan fingerprint density at radius 3 is 2.67 bits per heavy atom. The van der Waals surface area contributed by atoms with Gasteiger partial charge in [0.2, 0.25) is 0 Å². The van der Waals surface area contributed by atoms with Crippen LogP contribution in [0.4, 0.5) is 0 Å². The molecule has 1 amide bonds. The van der Waals surface area contributed by atoms with Crippen LogP contribution in [0, 0.1) is 0 Å². The molecule has 0 unspecified atom stereocenters. The van der Waals surface area contributed by atoms with Crippen LogP contribution >= 0.6 is 0 Å². The summed E-state index contributed by atoms with van der Waals surface area (Å²) in [4.78, 5) is 14.8. The molecule has 122 valence electrons. The monoisotopic (exact) mass is 321 g/mol. The van der Waals surface area contributed by atoms with Gasteiger partial charge in [-0.05, 0) is 40.6 Å². The van der Waals surface area contributed by atoms with Gasteiger partial charge in [-0.3, -0.25) is 4.79 Å². The quantitative estimate of drug-likeness (QED) is 0.700. The van der Waals surface area contributed by atoms with Crippen molar-refractivity contribution in [3.63, 3.8) is 0 Å². The Kier molecular flexibility index (Phi) is 4.96. The second-order valence-corrected chi connectivity index (χ2v) is 5.52. The summed E-state index contributed by atoms with van der Waals surface area (Å²) in [7, 11) is 0. The van der Waals surface area contributed by atoms with Crippen LogP contribution in [0.5, 0.6) is 0 Å². The van der Waals surface area contributed by atoms with Crippen molar-refractivity contribution in [2.45, 2.75) is 19.9 Å². The molecular weight excluding hydrogens is 302 g/mol. The van der Waals surface area contributed by atoms with Crippen LogP contribution in [-0.2, 0) is 6.54 Å². The molecule has 2 aromatic carbocycles. The smallest absolute Gasteiger partial charge is 0.254 e. The highest BCUT2D eigenvalue weighted by Crippen LogP contribution is 2.14. The SMILES string of the molecule is CCCN(Cc1ccccc1)C(=O)c1cccc(-n2cnnn2)c1. The van der Waals surface area contributed by atoms with E-state index in [-0.39, 0.29) is 5.91 Å². The van der Waals surface area contributed by atoms with Gasteiger partial charge in [0.25, 0.3) is 5.91 Å². The first-order chi connectivity index (χ1) is 11.8. The normalized spacial score (nSPS) is 10.5. The number of rotatable bonds is 6. The summed E-state index contributed by atoms with van der Waals surface area (Å²) in [5.74, 6) is 0.00984. The average molecular weight is 321 g/mol. The van der Waals surface area contributed by atoms with Crippen molar-refractivity contribution in [3.05, 3.63) is 72.1 Å². The molecule has 0 aliphatic heterocycles. The van der Waals surface area contributed by atoms with Gasteiger partial charge in [-0.2, -0.15) is 0 Å². The second-order valence-electron chi connectivity index (χ2n) is 5.52. The summed E-state index contributed by atoms with van der Waals surface area (Å²) in [5, 5.41) is 11.1. The molecule has 24 heavy (non-hydrogen) atoms. The van der Waals surface area contributed by atoms with E-state index in [4.69, 9.17) is 0 Å². The van der Waals surface area contributed by atoms with E-state index < -0.39 is 0 Å². The molecule has 6 nitrogen and oxygen atoms in total. The predicted molar refractivity (Wildman–Crippen MR) is 90.6 cm³/mol. The third kappa shape index (κ3) is 3.65. The van der Waals surface area contributed by atoms with Gasteiger partial charge in [-0.1, -0.05) is 43.3 Å². The van der Waals surface area contributed by atoms with Gasteiger partial charge in [0, 0.05) is 18.7 Å². The van der Waals surface area contributed by atoms with Crippen molar-refractivity contribution >= 4 is 5.91 Å². The Hall–Kier alpha value is -3.02. The number of carbonyl (C=O) groups excluding carboxylic acids is 1. The Labute approximate surface area is 140 Å². The second kappa shape index (κ2) is 7.50. The maximum absolute atomic E-state index is 12.9. The van der Waals surface area contributed by atoms with E-state index >= 15 is 0 Å². The minimum absolute atomic E-state index is 0.00984. The van der Waals surface area contributed by atoms with Crippen LogP contribution in [0.2, 0.25) is 0 Å². The summed E-state index contributed by atoms with van der Waals surface area (Å²) >= 11 is 0. The zero-order valence-electron chi connectivity index (χ0n) is 13.5. The van der Waals surface area contributed by atoms with E-state index in [1.807, 2.05) is 59.5 Å². The van der Waals surface area contributed by atoms with Crippen molar-refractivity contribution in [1.82, 2.24) is 25.1 Å². The lowest BCUT2D eigenvalue weighted by molar-refractivity contribution is 0.0743. The van der Waals surface area contributed by atoms with Gasteiger partial charge in [-0.15, -0.1) is 5.10 Å². The maximum Gasteiger partial charge on any atom is 0.254 e. The Bertz CT molecular complexity index is 786. The lowest BCUT2D eigenvalue weighted by Crippen LogP contribution is -2.31. The minimum atomic E-state index is 0.00984. The Morgan fingerprint density at radius 1 is 1.12 bits per heavy atom. The van der Waals surface area contributed by atoms with Gasteiger partial charge in [0.1, 0.15) is 6.33 Å². The van der Waals surface area contributed by atoms with Crippen molar-refractivity contribution in [3.8, 4) is 5.69 Å². The molecular formula is C18H19N5O. The number of benzene rings is 2. The number of hydrogen-bond acceptors (Lipinski definition) is 4. The van der Waals surface area contributed by atoms with Crippen LogP contribution in [-0.4, -0.2) is 37.6 Å². The molecule has 0 atom stereocenters. The maximum atomic E-state index is 12.9. The first kappa shape index (κ1) is 15.9. The minimum Gasteiger partial charge on any atom is -0.334 e. The first-order valence-electron chi connectivity index (χ1n) is 7.94. The molecule has 0 spiro atoms. The fraction of sp³-hybridized carbons (Fsp3) is 0.222. The van der Waals surface area contributed by atoms with Gasteiger partial charge in [0.05, 0.1) is 5.69 Å². The molecule has 3 rings (SSSR count). The summed E-state index contributed by atoms with van der Waals surface area (Å²) in [6.45, 7) is 3.38. The first-order valence-corrected chi connectivity index (χ1v) is 7.94. The van der Waals surface area contributed by atoms with Gasteiger partial charge in [-0.25, -0.2) is 4.68 Å². The van der Waals surface area contributed by atoms with E-state index in [1.165, 1.54) is 11.0 Å². The summed E-state index contributed by atoms with van der Waals surface area (Å²) in [6, 6.07) is 17.4. The number of hydrogen-bond donors (Lipinski definition) is 0. The zero-order valence-corrected chi connectivity index (χ0v) is 13.5. The molecule has 0 radical (unpaired) electrons. The highest BCUT2D eigenvalue weighted by Gasteiger charge is 2.16. The van der Waals surface area contributed by atoms with E-state index in [2.05, 4.69) is 22.4 Å².